The monoisotopic (exact) mass is 1010 g/mol. The highest BCUT2D eigenvalue weighted by Crippen LogP contribution is 2.41. The fraction of sp³-hybridized carbons (Fsp3) is 0.0263. The average molecular weight is 1010 g/mol. The lowest BCUT2D eigenvalue weighted by Crippen LogP contribution is -2.10. The highest BCUT2D eigenvalue weighted by atomic mass is 28.2. The minimum Gasteiger partial charge on any atom is -0.334 e. The van der Waals surface area contributed by atoms with Crippen LogP contribution in [0, 0.1) is 0 Å². The van der Waals surface area contributed by atoms with E-state index in [4.69, 9.17) is 0 Å². The van der Waals surface area contributed by atoms with Gasteiger partial charge in [-0.2, -0.15) is 0 Å². The summed E-state index contributed by atoms with van der Waals surface area (Å²) >= 11 is 0. The maximum absolute atomic E-state index is 2.54. The van der Waals surface area contributed by atoms with E-state index < -0.39 is 0 Å². The summed E-state index contributed by atoms with van der Waals surface area (Å²) in [6.45, 7) is 2.33. The molecule has 0 N–H and O–H groups in total. The second-order valence-electron chi connectivity index (χ2n) is 21.1. The Hall–Kier alpha value is -9.60. The van der Waals surface area contributed by atoms with Crippen LogP contribution in [0.4, 0.5) is 0 Å². The van der Waals surface area contributed by atoms with Crippen LogP contribution >= 0.6 is 0 Å². The van der Waals surface area contributed by atoms with Crippen molar-refractivity contribution in [3.8, 4) is 66.8 Å². The largest absolute Gasteiger partial charge is 0.334 e. The van der Waals surface area contributed by atoms with Crippen LogP contribution in [-0.4, -0.2) is 14.1 Å². The number of hydrogen-bond donors (Lipinski definition) is 0. The fourth-order valence-corrected chi connectivity index (χ4v) is 14.2. The summed E-state index contributed by atoms with van der Waals surface area (Å²) in [7, 11) is -0.386. The molecule has 0 fully saturated rings. The van der Waals surface area contributed by atoms with Crippen LogP contribution in [0.25, 0.3) is 137 Å². The second-order valence-corrected chi connectivity index (χ2v) is 22.7. The number of benzene rings is 13. The Bertz CT molecular complexity index is 4460. The zero-order valence-electron chi connectivity index (χ0n) is 43.4. The molecular formula is C76H53NSi. The standard InChI is InChI=1S/C76H53NSi/c1-49(22-23-62-48-78-76-21-11-10-16-65(62)76)77-74-42-40-58(54-28-24-50(25-29-54)52-32-36-56(37-33-52)70-46-60-12-2-4-14-63(60)66-17-6-8-19-68(66)70)44-72(74)73-45-59(41-43-75(73)77)55-30-26-51(27-31-55)53-34-38-57(39-35-53)71-47-61-13-3-5-15-64(61)67-18-7-9-20-69(67)71/h2-49H,78H2,1H3/b23-22-. The van der Waals surface area contributed by atoms with Gasteiger partial charge in [-0.1, -0.05) is 254 Å². The number of rotatable bonds is 9. The van der Waals surface area contributed by atoms with Crippen LogP contribution in [0.5, 0.6) is 0 Å². The third-order valence-electron chi connectivity index (χ3n) is 16.7. The van der Waals surface area contributed by atoms with Crippen LogP contribution in [0.15, 0.2) is 285 Å². The van der Waals surface area contributed by atoms with E-state index in [0.717, 1.165) is 0 Å². The number of hydrogen-bond acceptors (Lipinski definition) is 0. The van der Waals surface area contributed by atoms with Gasteiger partial charge in [0.2, 0.25) is 0 Å². The summed E-state index contributed by atoms with van der Waals surface area (Å²) in [6.07, 6.45) is 4.76. The first-order valence-electron chi connectivity index (χ1n) is 27.3. The van der Waals surface area contributed by atoms with Crippen molar-refractivity contribution in [1.29, 1.82) is 0 Å². The summed E-state index contributed by atoms with van der Waals surface area (Å²) in [5, 5.41) is 14.3. The lowest BCUT2D eigenvalue weighted by Gasteiger charge is -2.14. The second kappa shape index (κ2) is 18.9. The smallest absolute Gasteiger partial charge is 0.0799 e. The van der Waals surface area contributed by atoms with Crippen molar-refractivity contribution in [3.05, 3.63) is 290 Å². The Labute approximate surface area is 457 Å². The zero-order valence-corrected chi connectivity index (χ0v) is 44.8. The minimum absolute atomic E-state index is 0.133. The summed E-state index contributed by atoms with van der Waals surface area (Å²) in [5.74, 6) is 0. The van der Waals surface area contributed by atoms with Gasteiger partial charge >= 0.3 is 0 Å². The maximum Gasteiger partial charge on any atom is 0.0799 e. The molecule has 1 aliphatic rings. The molecule has 1 unspecified atom stereocenters. The topological polar surface area (TPSA) is 4.93 Å². The zero-order chi connectivity index (χ0) is 51.7. The maximum atomic E-state index is 2.54. The van der Waals surface area contributed by atoms with Crippen LogP contribution in [0.1, 0.15) is 18.5 Å². The average Bonchev–Trinajstić information content (AvgIpc) is 4.10. The van der Waals surface area contributed by atoms with E-state index in [-0.39, 0.29) is 15.6 Å². The molecule has 0 saturated carbocycles. The molecule has 13 aromatic carbocycles. The third-order valence-corrected chi connectivity index (χ3v) is 18.4. The predicted molar refractivity (Wildman–Crippen MR) is 339 cm³/mol. The number of allylic oxidation sites excluding steroid dienone is 3. The molecule has 0 spiro atoms. The Kier molecular flexibility index (Phi) is 11.1. The van der Waals surface area contributed by atoms with Gasteiger partial charge in [-0.05, 0) is 164 Å². The summed E-state index contributed by atoms with van der Waals surface area (Å²) < 4.78 is 2.54. The Morgan fingerprint density at radius 2 is 0.667 bits per heavy atom. The normalized spacial score (nSPS) is 13.2. The molecule has 1 aromatic heterocycles. The molecule has 1 aliphatic heterocycles. The van der Waals surface area contributed by atoms with E-state index in [1.807, 2.05) is 0 Å². The van der Waals surface area contributed by atoms with Crippen LogP contribution in [-0.2, 0) is 0 Å². The molecule has 0 saturated heterocycles. The van der Waals surface area contributed by atoms with Gasteiger partial charge < -0.3 is 4.57 Å². The predicted octanol–water partition coefficient (Wildman–Crippen LogP) is 19.4. The molecule has 366 valence electrons. The van der Waals surface area contributed by atoms with Crippen LogP contribution in [0.3, 0.4) is 0 Å². The van der Waals surface area contributed by atoms with E-state index in [2.05, 4.69) is 296 Å². The molecule has 2 heterocycles. The molecule has 0 amide bonds. The first-order chi connectivity index (χ1) is 38.6. The lowest BCUT2D eigenvalue weighted by molar-refractivity contribution is 0.711. The van der Waals surface area contributed by atoms with Crippen molar-refractivity contribution in [1.82, 2.24) is 4.57 Å². The van der Waals surface area contributed by atoms with Gasteiger partial charge in [0, 0.05) is 27.8 Å². The molecule has 1 atom stereocenters. The highest BCUT2D eigenvalue weighted by Gasteiger charge is 2.19. The molecule has 0 bridgehead atoms. The molecule has 14 aromatic rings. The number of aromatic nitrogens is 1. The van der Waals surface area contributed by atoms with E-state index in [1.54, 1.807) is 0 Å². The minimum atomic E-state index is -0.386. The summed E-state index contributed by atoms with van der Waals surface area (Å²) in [4.78, 5) is 0. The van der Waals surface area contributed by atoms with Crippen molar-refractivity contribution in [3.63, 3.8) is 0 Å². The summed E-state index contributed by atoms with van der Waals surface area (Å²) in [6, 6.07) is 99.3. The Morgan fingerprint density at radius 1 is 0.308 bits per heavy atom. The Morgan fingerprint density at radius 3 is 1.13 bits per heavy atom. The quantitative estimate of drug-likeness (QED) is 0.100. The van der Waals surface area contributed by atoms with E-state index >= 15 is 0 Å². The molecule has 0 aliphatic carbocycles. The molecule has 1 nitrogen and oxygen atoms in total. The first kappa shape index (κ1) is 45.8. The van der Waals surface area contributed by atoms with Gasteiger partial charge in [-0.25, -0.2) is 0 Å². The van der Waals surface area contributed by atoms with Gasteiger partial charge in [0.1, 0.15) is 0 Å². The van der Waals surface area contributed by atoms with Gasteiger partial charge in [0.05, 0.1) is 9.52 Å². The van der Waals surface area contributed by atoms with E-state index in [1.165, 1.54) is 148 Å². The van der Waals surface area contributed by atoms with Gasteiger partial charge in [0.15, 0.2) is 0 Å². The van der Waals surface area contributed by atoms with Crippen molar-refractivity contribution < 1.29 is 0 Å². The van der Waals surface area contributed by atoms with Gasteiger partial charge in [-0.15, -0.1) is 0 Å². The van der Waals surface area contributed by atoms with Gasteiger partial charge in [-0.3, -0.25) is 0 Å². The van der Waals surface area contributed by atoms with Crippen LogP contribution in [0.2, 0.25) is 0 Å². The van der Waals surface area contributed by atoms with Crippen LogP contribution < -0.4 is 5.19 Å². The SMILES string of the molecule is CC(/C=C\C1=C[SiH2]c2ccccc21)n1c2ccc(-c3ccc(-c4ccc(-c5cc6ccccc6c6ccccc56)cc4)cc3)cc2c2cc(-c3ccc(-c4ccc(-c5cc6ccccc6c6ccccc56)cc4)cc3)ccc21. The molecule has 15 rings (SSSR count). The van der Waals surface area contributed by atoms with Crippen molar-refractivity contribution in [2.24, 2.45) is 0 Å². The Balaban J connectivity index is 0.751. The van der Waals surface area contributed by atoms with Crippen molar-refractivity contribution in [2.75, 3.05) is 0 Å². The fourth-order valence-electron chi connectivity index (χ4n) is 12.6. The van der Waals surface area contributed by atoms with E-state index in [9.17, 15) is 0 Å². The number of nitrogens with zero attached hydrogens (tertiary/aromatic N) is 1. The molecule has 0 radical (unpaired) electrons. The van der Waals surface area contributed by atoms with Crippen molar-refractivity contribution >= 4 is 85.2 Å². The van der Waals surface area contributed by atoms with Gasteiger partial charge in [0.25, 0.3) is 0 Å². The lowest BCUT2D eigenvalue weighted by atomic mass is 9.92. The molecular weight excluding hydrogens is 955 g/mol. The van der Waals surface area contributed by atoms with Crippen molar-refractivity contribution in [2.45, 2.75) is 13.0 Å². The molecule has 2 heteroatoms. The molecule has 78 heavy (non-hydrogen) atoms. The third kappa shape index (κ3) is 7.92. The van der Waals surface area contributed by atoms with E-state index in [0.29, 0.717) is 0 Å². The number of fused-ring (bicyclic) bond motifs is 10. The first-order valence-corrected chi connectivity index (χ1v) is 28.9. The summed E-state index contributed by atoms with van der Waals surface area (Å²) in [5.41, 5.74) is 22.4. The highest BCUT2D eigenvalue weighted by molar-refractivity contribution is 6.63.